The predicted molar refractivity (Wildman–Crippen MR) is 63.5 cm³/mol. The number of aliphatic hydroxyl groups is 1. The Morgan fingerprint density at radius 2 is 2.41 bits per heavy atom. The molecule has 0 spiro atoms. The van der Waals surface area contributed by atoms with Crippen molar-refractivity contribution in [2.45, 2.75) is 32.4 Å². The zero-order valence-corrected chi connectivity index (χ0v) is 9.96. The van der Waals surface area contributed by atoms with E-state index in [1.807, 2.05) is 6.92 Å². The number of carbonyl (C=O) groups is 1. The van der Waals surface area contributed by atoms with Gasteiger partial charge in [-0.2, -0.15) is 5.10 Å². The standard InChI is InChI=1S/C11H18N4O2/c1-2-15-10(9(12)7-13-15)11(17)14(5-6-16)8-3-4-8/h7-8,16H,2-6,12H2,1H3. The molecule has 0 aromatic carbocycles. The first-order valence-corrected chi connectivity index (χ1v) is 5.92. The van der Waals surface area contributed by atoms with Crippen molar-refractivity contribution in [3.8, 4) is 0 Å². The van der Waals surface area contributed by atoms with E-state index >= 15 is 0 Å². The van der Waals surface area contributed by atoms with Gasteiger partial charge in [0.15, 0.2) is 0 Å². The predicted octanol–water partition coefficient (Wildman–Crippen LogP) is 0.0821. The highest BCUT2D eigenvalue weighted by molar-refractivity contribution is 5.97. The Hall–Kier alpha value is -1.56. The molecule has 94 valence electrons. The molecule has 0 aliphatic heterocycles. The molecule has 6 nitrogen and oxygen atoms in total. The maximum atomic E-state index is 12.4. The van der Waals surface area contributed by atoms with E-state index in [2.05, 4.69) is 5.10 Å². The van der Waals surface area contributed by atoms with Crippen LogP contribution in [0.3, 0.4) is 0 Å². The quantitative estimate of drug-likeness (QED) is 0.761. The zero-order chi connectivity index (χ0) is 12.4. The Morgan fingerprint density at radius 1 is 1.71 bits per heavy atom. The van der Waals surface area contributed by atoms with E-state index < -0.39 is 0 Å². The molecule has 6 heteroatoms. The fraction of sp³-hybridized carbons (Fsp3) is 0.636. The van der Waals surface area contributed by atoms with Gasteiger partial charge in [-0.15, -0.1) is 0 Å². The molecular weight excluding hydrogens is 220 g/mol. The number of carbonyl (C=O) groups excluding carboxylic acids is 1. The molecule has 0 bridgehead atoms. The minimum absolute atomic E-state index is 0.0254. The van der Waals surface area contributed by atoms with Gasteiger partial charge in [-0.3, -0.25) is 9.48 Å². The lowest BCUT2D eigenvalue weighted by Crippen LogP contribution is -2.37. The van der Waals surface area contributed by atoms with Crippen molar-refractivity contribution in [2.75, 3.05) is 18.9 Å². The largest absolute Gasteiger partial charge is 0.396 e. The van der Waals surface area contributed by atoms with E-state index in [1.165, 1.54) is 6.20 Å². The van der Waals surface area contributed by atoms with Crippen LogP contribution in [0.5, 0.6) is 0 Å². The van der Waals surface area contributed by atoms with Crippen molar-refractivity contribution in [3.63, 3.8) is 0 Å². The fourth-order valence-corrected chi connectivity index (χ4v) is 1.95. The lowest BCUT2D eigenvalue weighted by Gasteiger charge is -2.21. The topological polar surface area (TPSA) is 84.4 Å². The normalized spacial score (nSPS) is 14.9. The molecule has 17 heavy (non-hydrogen) atoms. The number of rotatable bonds is 5. The van der Waals surface area contributed by atoms with Crippen LogP contribution in [0.1, 0.15) is 30.3 Å². The number of amides is 1. The first kappa shape index (κ1) is 11.9. The van der Waals surface area contributed by atoms with Crippen molar-refractivity contribution in [3.05, 3.63) is 11.9 Å². The maximum Gasteiger partial charge on any atom is 0.274 e. The number of aromatic nitrogens is 2. The summed E-state index contributed by atoms with van der Waals surface area (Å²) in [6.45, 7) is 2.85. The number of hydrogen-bond donors (Lipinski definition) is 2. The fourth-order valence-electron chi connectivity index (χ4n) is 1.95. The van der Waals surface area contributed by atoms with Crippen LogP contribution in [0.4, 0.5) is 5.69 Å². The molecular formula is C11H18N4O2. The summed E-state index contributed by atoms with van der Waals surface area (Å²) in [6.07, 6.45) is 3.51. The summed E-state index contributed by atoms with van der Waals surface area (Å²) >= 11 is 0. The van der Waals surface area contributed by atoms with Crippen LogP contribution in [-0.4, -0.2) is 44.9 Å². The Balaban J connectivity index is 2.24. The second kappa shape index (κ2) is 4.75. The third kappa shape index (κ3) is 2.26. The van der Waals surface area contributed by atoms with Crippen molar-refractivity contribution < 1.29 is 9.90 Å². The van der Waals surface area contributed by atoms with Gasteiger partial charge in [0.25, 0.3) is 5.91 Å². The first-order chi connectivity index (χ1) is 8.19. The van der Waals surface area contributed by atoms with E-state index in [0.717, 1.165) is 12.8 Å². The highest BCUT2D eigenvalue weighted by Crippen LogP contribution is 2.28. The Bertz CT molecular complexity index is 412. The van der Waals surface area contributed by atoms with Crippen LogP contribution in [-0.2, 0) is 6.54 Å². The summed E-state index contributed by atoms with van der Waals surface area (Å²) in [4.78, 5) is 14.0. The second-order valence-electron chi connectivity index (χ2n) is 4.22. The molecule has 1 saturated carbocycles. The van der Waals surface area contributed by atoms with Crippen LogP contribution >= 0.6 is 0 Å². The lowest BCUT2D eigenvalue weighted by atomic mass is 10.3. The van der Waals surface area contributed by atoms with Crippen LogP contribution in [0.2, 0.25) is 0 Å². The first-order valence-electron chi connectivity index (χ1n) is 5.92. The van der Waals surface area contributed by atoms with Crippen LogP contribution in [0.25, 0.3) is 0 Å². The minimum Gasteiger partial charge on any atom is -0.396 e. The molecule has 3 N–H and O–H groups in total. The van der Waals surface area contributed by atoms with Crippen molar-refractivity contribution in [1.82, 2.24) is 14.7 Å². The van der Waals surface area contributed by atoms with Crippen LogP contribution in [0, 0.1) is 0 Å². The van der Waals surface area contributed by atoms with Crippen LogP contribution < -0.4 is 5.73 Å². The molecule has 0 atom stereocenters. The number of aryl methyl sites for hydroxylation is 1. The highest BCUT2D eigenvalue weighted by atomic mass is 16.3. The lowest BCUT2D eigenvalue weighted by molar-refractivity contribution is 0.0696. The number of nitrogen functional groups attached to an aromatic ring is 1. The molecule has 1 aliphatic carbocycles. The molecule has 0 radical (unpaired) electrons. The van der Waals surface area contributed by atoms with E-state index in [-0.39, 0.29) is 18.6 Å². The number of nitrogens with zero attached hydrogens (tertiary/aromatic N) is 3. The molecule has 1 amide bonds. The molecule has 1 aliphatic rings. The summed E-state index contributed by atoms with van der Waals surface area (Å²) in [7, 11) is 0. The molecule has 0 unspecified atom stereocenters. The minimum atomic E-state index is -0.126. The van der Waals surface area contributed by atoms with E-state index in [0.29, 0.717) is 24.5 Å². The Morgan fingerprint density at radius 3 is 2.94 bits per heavy atom. The van der Waals surface area contributed by atoms with E-state index in [1.54, 1.807) is 9.58 Å². The maximum absolute atomic E-state index is 12.4. The molecule has 2 rings (SSSR count). The summed E-state index contributed by atoms with van der Waals surface area (Å²) in [6, 6.07) is 0.259. The van der Waals surface area contributed by atoms with Crippen molar-refractivity contribution in [2.24, 2.45) is 0 Å². The molecule has 1 aromatic rings. The summed E-state index contributed by atoms with van der Waals surface area (Å²) in [5.41, 5.74) is 6.62. The van der Waals surface area contributed by atoms with Gasteiger partial charge in [-0.25, -0.2) is 0 Å². The number of aliphatic hydroxyl groups excluding tert-OH is 1. The van der Waals surface area contributed by atoms with Gasteiger partial charge in [-0.1, -0.05) is 0 Å². The van der Waals surface area contributed by atoms with E-state index in [4.69, 9.17) is 10.8 Å². The van der Waals surface area contributed by atoms with Gasteiger partial charge in [0.2, 0.25) is 0 Å². The summed E-state index contributed by atoms with van der Waals surface area (Å²) < 4.78 is 1.60. The third-order valence-electron chi connectivity index (χ3n) is 2.96. The Kier molecular flexibility index (Phi) is 3.33. The molecule has 1 heterocycles. The molecule has 1 aromatic heterocycles. The number of anilines is 1. The Labute approximate surface area is 100 Å². The summed E-state index contributed by atoms with van der Waals surface area (Å²) in [5.74, 6) is -0.126. The SMILES string of the molecule is CCn1ncc(N)c1C(=O)N(CCO)C1CC1. The molecule has 1 fully saturated rings. The van der Waals surface area contributed by atoms with E-state index in [9.17, 15) is 4.79 Å². The van der Waals surface area contributed by atoms with Gasteiger partial charge in [0, 0.05) is 19.1 Å². The van der Waals surface area contributed by atoms with Gasteiger partial charge in [-0.05, 0) is 19.8 Å². The third-order valence-corrected chi connectivity index (χ3v) is 2.96. The van der Waals surface area contributed by atoms with Gasteiger partial charge in [0.05, 0.1) is 18.5 Å². The highest BCUT2D eigenvalue weighted by Gasteiger charge is 2.34. The van der Waals surface area contributed by atoms with Crippen LogP contribution in [0.15, 0.2) is 6.20 Å². The van der Waals surface area contributed by atoms with Gasteiger partial charge < -0.3 is 15.7 Å². The number of hydrogen-bond acceptors (Lipinski definition) is 4. The summed E-state index contributed by atoms with van der Waals surface area (Å²) in [5, 5.41) is 13.1. The van der Waals surface area contributed by atoms with Gasteiger partial charge in [0.1, 0.15) is 5.69 Å². The smallest absolute Gasteiger partial charge is 0.274 e. The average molecular weight is 238 g/mol. The second-order valence-corrected chi connectivity index (χ2v) is 4.22. The van der Waals surface area contributed by atoms with Crippen molar-refractivity contribution in [1.29, 1.82) is 0 Å². The van der Waals surface area contributed by atoms with Crippen molar-refractivity contribution >= 4 is 11.6 Å². The van der Waals surface area contributed by atoms with Gasteiger partial charge >= 0.3 is 0 Å². The average Bonchev–Trinajstić information content (AvgIpc) is 3.08. The zero-order valence-electron chi connectivity index (χ0n) is 9.96. The number of nitrogens with two attached hydrogens (primary N) is 1. The monoisotopic (exact) mass is 238 g/mol. The molecule has 0 saturated heterocycles.